The summed E-state index contributed by atoms with van der Waals surface area (Å²) in [5, 5.41) is 30.5. The molecule has 5 nitrogen and oxygen atoms in total. The zero-order valence-electron chi connectivity index (χ0n) is 14.3. The number of methoxy groups -OCH3 is 1. The van der Waals surface area contributed by atoms with Crippen molar-refractivity contribution in [1.82, 2.24) is 0 Å². The molecule has 0 radical (unpaired) electrons. The highest BCUT2D eigenvalue weighted by molar-refractivity contribution is 5.49. The van der Waals surface area contributed by atoms with E-state index in [1.165, 1.54) is 6.07 Å². The quantitative estimate of drug-likeness (QED) is 0.740. The third-order valence-corrected chi connectivity index (χ3v) is 4.58. The van der Waals surface area contributed by atoms with Crippen LogP contribution in [0.25, 0.3) is 0 Å². The lowest BCUT2D eigenvalue weighted by molar-refractivity contribution is 0.0138. The average molecular weight is 344 g/mol. The standard InChI is InChI=1S/C20H24O5/c1-24-20-11-13-4-2-3-5-15(21)17(23)10-14-6-8-16(22)19(12-14)25-18(20)9-7-13/h6-9,11-12,15,17,21-23H,2-5,10H2,1H3/t15-,17-/m0/s1. The predicted octanol–water partition coefficient (Wildman–Crippen LogP) is 3.18. The van der Waals surface area contributed by atoms with E-state index in [-0.39, 0.29) is 5.75 Å². The van der Waals surface area contributed by atoms with Crippen LogP contribution in [0.15, 0.2) is 36.4 Å². The number of aliphatic hydroxyl groups excluding tert-OH is 2. The van der Waals surface area contributed by atoms with Gasteiger partial charge in [-0.25, -0.2) is 0 Å². The van der Waals surface area contributed by atoms with E-state index in [0.717, 1.165) is 30.4 Å². The van der Waals surface area contributed by atoms with Crippen LogP contribution in [0.1, 0.15) is 30.4 Å². The Morgan fingerprint density at radius 3 is 2.56 bits per heavy atom. The molecule has 0 fully saturated rings. The van der Waals surface area contributed by atoms with Gasteiger partial charge in [-0.2, -0.15) is 0 Å². The molecule has 0 spiro atoms. The molecule has 2 aliphatic heterocycles. The third kappa shape index (κ3) is 4.24. The number of phenols is 1. The lowest BCUT2D eigenvalue weighted by atomic mass is 9.98. The fourth-order valence-electron chi connectivity index (χ4n) is 3.09. The Hall–Kier alpha value is -2.24. The van der Waals surface area contributed by atoms with Crippen molar-refractivity contribution < 1.29 is 24.8 Å². The van der Waals surface area contributed by atoms with Crippen LogP contribution in [0.3, 0.4) is 0 Å². The molecule has 2 heterocycles. The van der Waals surface area contributed by atoms with Gasteiger partial charge >= 0.3 is 0 Å². The normalized spacial score (nSPS) is 21.1. The fourth-order valence-corrected chi connectivity index (χ4v) is 3.09. The lowest BCUT2D eigenvalue weighted by Crippen LogP contribution is -2.27. The second-order valence-corrected chi connectivity index (χ2v) is 6.47. The minimum Gasteiger partial charge on any atom is -0.504 e. The summed E-state index contributed by atoms with van der Waals surface area (Å²) in [6.07, 6.45) is 1.86. The van der Waals surface area contributed by atoms with E-state index in [4.69, 9.17) is 9.47 Å². The summed E-state index contributed by atoms with van der Waals surface area (Å²) in [4.78, 5) is 0. The van der Waals surface area contributed by atoms with Crippen LogP contribution < -0.4 is 9.47 Å². The Morgan fingerprint density at radius 2 is 1.76 bits per heavy atom. The van der Waals surface area contributed by atoms with Crippen molar-refractivity contribution >= 4 is 0 Å². The van der Waals surface area contributed by atoms with Crippen LogP contribution in [0, 0.1) is 0 Å². The molecule has 4 rings (SSSR count). The van der Waals surface area contributed by atoms with Gasteiger partial charge in [0.15, 0.2) is 23.0 Å². The number of phenolic OH excluding ortho intramolecular Hbond substituents is 1. The molecule has 134 valence electrons. The number of benzene rings is 2. The summed E-state index contributed by atoms with van der Waals surface area (Å²) in [6, 6.07) is 10.7. The monoisotopic (exact) mass is 344 g/mol. The third-order valence-electron chi connectivity index (χ3n) is 4.58. The molecule has 2 aliphatic rings. The first-order valence-corrected chi connectivity index (χ1v) is 8.59. The van der Waals surface area contributed by atoms with Gasteiger partial charge in [0.1, 0.15) is 0 Å². The van der Waals surface area contributed by atoms with Crippen LogP contribution in [0.5, 0.6) is 23.0 Å². The highest BCUT2D eigenvalue weighted by atomic mass is 16.5. The van der Waals surface area contributed by atoms with Gasteiger partial charge in [0.05, 0.1) is 19.3 Å². The minimum atomic E-state index is -0.842. The van der Waals surface area contributed by atoms with Crippen LogP contribution >= 0.6 is 0 Å². The molecule has 3 N–H and O–H groups in total. The maximum Gasteiger partial charge on any atom is 0.169 e. The Bertz CT molecular complexity index is 728. The molecule has 0 amide bonds. The summed E-state index contributed by atoms with van der Waals surface area (Å²) >= 11 is 0. The van der Waals surface area contributed by atoms with Crippen molar-refractivity contribution in [3.05, 3.63) is 47.5 Å². The van der Waals surface area contributed by atoms with Gasteiger partial charge in [0, 0.05) is 6.42 Å². The van der Waals surface area contributed by atoms with Crippen molar-refractivity contribution in [3.63, 3.8) is 0 Å². The fraction of sp³-hybridized carbons (Fsp3) is 0.400. The number of aromatic hydroxyl groups is 1. The summed E-state index contributed by atoms with van der Waals surface area (Å²) < 4.78 is 11.3. The zero-order valence-corrected chi connectivity index (χ0v) is 14.3. The van der Waals surface area contributed by atoms with E-state index in [9.17, 15) is 15.3 Å². The number of hydrogen-bond acceptors (Lipinski definition) is 5. The van der Waals surface area contributed by atoms with Gasteiger partial charge in [-0.3, -0.25) is 0 Å². The van der Waals surface area contributed by atoms with Gasteiger partial charge in [0.2, 0.25) is 0 Å². The first-order valence-electron chi connectivity index (χ1n) is 8.59. The molecule has 0 aromatic heterocycles. The topological polar surface area (TPSA) is 79.2 Å². The Labute approximate surface area is 147 Å². The molecule has 2 aromatic carbocycles. The van der Waals surface area contributed by atoms with Crippen molar-refractivity contribution in [2.75, 3.05) is 7.11 Å². The first-order chi connectivity index (χ1) is 12.1. The number of aryl methyl sites for hydroxylation is 1. The number of hydrogen-bond donors (Lipinski definition) is 3. The smallest absolute Gasteiger partial charge is 0.169 e. The Morgan fingerprint density at radius 1 is 0.960 bits per heavy atom. The summed E-state index contributed by atoms with van der Waals surface area (Å²) in [5.74, 6) is 1.43. The Balaban J connectivity index is 1.98. The van der Waals surface area contributed by atoms with E-state index < -0.39 is 12.2 Å². The molecule has 0 aliphatic carbocycles. The van der Waals surface area contributed by atoms with E-state index in [0.29, 0.717) is 30.1 Å². The largest absolute Gasteiger partial charge is 0.504 e. The molecular formula is C20H24O5. The van der Waals surface area contributed by atoms with Crippen molar-refractivity contribution in [2.24, 2.45) is 0 Å². The predicted molar refractivity (Wildman–Crippen MR) is 94.4 cm³/mol. The van der Waals surface area contributed by atoms with Crippen LogP contribution in [-0.4, -0.2) is 34.6 Å². The molecule has 0 saturated heterocycles. The maximum absolute atomic E-state index is 10.2. The Kier molecular flexibility index (Phi) is 5.46. The molecule has 25 heavy (non-hydrogen) atoms. The van der Waals surface area contributed by atoms with Crippen LogP contribution in [0.4, 0.5) is 0 Å². The van der Waals surface area contributed by atoms with Gasteiger partial charge in [0.25, 0.3) is 0 Å². The molecule has 0 unspecified atom stereocenters. The number of fused-ring (bicyclic) bond motifs is 8. The van der Waals surface area contributed by atoms with Crippen molar-refractivity contribution in [2.45, 2.75) is 44.3 Å². The van der Waals surface area contributed by atoms with Crippen molar-refractivity contribution in [1.29, 1.82) is 0 Å². The molecule has 2 atom stereocenters. The number of rotatable bonds is 1. The van der Waals surface area contributed by atoms with Crippen LogP contribution in [0.2, 0.25) is 0 Å². The van der Waals surface area contributed by atoms with Gasteiger partial charge in [-0.15, -0.1) is 0 Å². The maximum atomic E-state index is 10.2. The van der Waals surface area contributed by atoms with E-state index in [2.05, 4.69) is 0 Å². The molecule has 5 heteroatoms. The van der Waals surface area contributed by atoms with E-state index in [1.54, 1.807) is 19.2 Å². The SMILES string of the molecule is COc1cc2ccc1Oc1cc(ccc1O)C[C@H](O)[C@@H](O)CCCC2. The highest BCUT2D eigenvalue weighted by Crippen LogP contribution is 2.37. The van der Waals surface area contributed by atoms with Crippen LogP contribution in [-0.2, 0) is 12.8 Å². The zero-order chi connectivity index (χ0) is 17.8. The van der Waals surface area contributed by atoms with E-state index in [1.807, 2.05) is 18.2 Å². The molecule has 2 aromatic rings. The second kappa shape index (κ2) is 7.76. The summed E-state index contributed by atoms with van der Waals surface area (Å²) in [7, 11) is 1.59. The molecule has 0 saturated carbocycles. The summed E-state index contributed by atoms with van der Waals surface area (Å²) in [6.45, 7) is 0. The highest BCUT2D eigenvalue weighted by Gasteiger charge is 2.18. The van der Waals surface area contributed by atoms with Gasteiger partial charge < -0.3 is 24.8 Å². The molecular weight excluding hydrogens is 320 g/mol. The van der Waals surface area contributed by atoms with Gasteiger partial charge in [-0.1, -0.05) is 18.6 Å². The molecule has 4 bridgehead atoms. The number of ether oxygens (including phenoxy) is 2. The first kappa shape index (κ1) is 17.6. The second-order valence-electron chi connectivity index (χ2n) is 6.47. The minimum absolute atomic E-state index is 0.00855. The number of aliphatic hydroxyl groups is 2. The van der Waals surface area contributed by atoms with Gasteiger partial charge in [-0.05, 0) is 54.7 Å². The lowest BCUT2D eigenvalue weighted by Gasteiger charge is -2.18. The average Bonchev–Trinajstić information content (AvgIpc) is 2.62. The van der Waals surface area contributed by atoms with Crippen molar-refractivity contribution in [3.8, 4) is 23.0 Å². The van der Waals surface area contributed by atoms with E-state index >= 15 is 0 Å². The summed E-state index contributed by atoms with van der Waals surface area (Å²) in [5.41, 5.74) is 1.90.